The van der Waals surface area contributed by atoms with Crippen LogP contribution in [0.25, 0.3) is 0 Å². The maximum absolute atomic E-state index is 14.4. The van der Waals surface area contributed by atoms with E-state index in [1.54, 1.807) is 43.8 Å². The highest BCUT2D eigenvalue weighted by atomic mass is 32.2. The SMILES string of the molecule is CCOc1ccc(OC)cc1C1(N2CCN(c3ccncc3)CC2)CN(S(=O)(=O)c2ccc(OC)cn2)c2ccc(C#N)cc21. The largest absolute Gasteiger partial charge is 0.497 e. The lowest BCUT2D eigenvalue weighted by Crippen LogP contribution is -2.58. The molecule has 4 aromatic rings. The van der Waals surface area contributed by atoms with E-state index in [0.717, 1.165) is 11.3 Å². The predicted octanol–water partition coefficient (Wildman–Crippen LogP) is 4.04. The van der Waals surface area contributed by atoms with Crippen LogP contribution < -0.4 is 23.4 Å². The molecule has 1 saturated heterocycles. The summed E-state index contributed by atoms with van der Waals surface area (Å²) in [6.45, 7) is 4.96. The first-order chi connectivity index (χ1) is 21.8. The van der Waals surface area contributed by atoms with Crippen molar-refractivity contribution in [1.82, 2.24) is 14.9 Å². The molecule has 0 spiro atoms. The summed E-state index contributed by atoms with van der Waals surface area (Å²) in [7, 11) is -1.04. The van der Waals surface area contributed by atoms with Crippen molar-refractivity contribution in [2.75, 3.05) is 62.8 Å². The van der Waals surface area contributed by atoms with Gasteiger partial charge in [-0.05, 0) is 67.6 Å². The number of benzene rings is 2. The fourth-order valence-electron chi connectivity index (χ4n) is 6.31. The molecule has 2 aliphatic heterocycles. The van der Waals surface area contributed by atoms with Crippen LogP contribution in [0.15, 0.2) is 84.3 Å². The first-order valence-electron chi connectivity index (χ1n) is 14.6. The number of aromatic nitrogens is 2. The van der Waals surface area contributed by atoms with Gasteiger partial charge in [-0.25, -0.2) is 4.98 Å². The average Bonchev–Trinajstić information content (AvgIpc) is 3.45. The molecule has 0 N–H and O–H groups in total. The molecule has 0 bridgehead atoms. The van der Waals surface area contributed by atoms with Gasteiger partial charge in [0.05, 0.1) is 56.4 Å². The molecule has 1 fully saturated rings. The van der Waals surface area contributed by atoms with Crippen LogP contribution >= 0.6 is 0 Å². The summed E-state index contributed by atoms with van der Waals surface area (Å²) >= 11 is 0. The van der Waals surface area contributed by atoms with Crippen LogP contribution in [-0.4, -0.2) is 76.8 Å². The van der Waals surface area contributed by atoms with E-state index in [1.165, 1.54) is 23.7 Å². The van der Waals surface area contributed by atoms with Crippen LogP contribution in [0.2, 0.25) is 0 Å². The van der Waals surface area contributed by atoms with Crippen molar-refractivity contribution in [3.8, 4) is 23.3 Å². The van der Waals surface area contributed by atoms with Gasteiger partial charge in [0.15, 0.2) is 5.03 Å². The summed E-state index contributed by atoms with van der Waals surface area (Å²) in [5.74, 6) is 1.68. The third-order valence-corrected chi connectivity index (χ3v) is 10.2. The zero-order valence-corrected chi connectivity index (χ0v) is 26.2. The van der Waals surface area contributed by atoms with Gasteiger partial charge in [-0.1, -0.05) is 0 Å². The number of hydrogen-bond acceptors (Lipinski definition) is 10. The second kappa shape index (κ2) is 12.3. The lowest BCUT2D eigenvalue weighted by molar-refractivity contribution is 0.124. The Morgan fingerprint density at radius 1 is 0.911 bits per heavy atom. The molecule has 6 rings (SSSR count). The average molecular weight is 627 g/mol. The Morgan fingerprint density at radius 2 is 1.64 bits per heavy atom. The number of ether oxygens (including phenoxy) is 3. The smallest absolute Gasteiger partial charge is 0.281 e. The van der Waals surface area contributed by atoms with Crippen LogP contribution in [-0.2, 0) is 15.6 Å². The third kappa shape index (κ3) is 5.28. The second-order valence-electron chi connectivity index (χ2n) is 10.7. The monoisotopic (exact) mass is 626 g/mol. The number of pyridine rings is 2. The Balaban J connectivity index is 1.55. The fourth-order valence-corrected chi connectivity index (χ4v) is 7.74. The number of nitrogens with zero attached hydrogens (tertiary/aromatic N) is 6. The van der Waals surface area contributed by atoms with Gasteiger partial charge in [-0.3, -0.25) is 14.2 Å². The van der Waals surface area contributed by atoms with Gasteiger partial charge in [-0.2, -0.15) is 13.7 Å². The van der Waals surface area contributed by atoms with Gasteiger partial charge in [0.25, 0.3) is 10.0 Å². The maximum atomic E-state index is 14.4. The van der Waals surface area contributed by atoms with E-state index < -0.39 is 15.6 Å². The van der Waals surface area contributed by atoms with Gasteiger partial charge in [0.1, 0.15) is 17.2 Å². The van der Waals surface area contributed by atoms with Crippen LogP contribution in [0, 0.1) is 11.3 Å². The predicted molar refractivity (Wildman–Crippen MR) is 169 cm³/mol. The summed E-state index contributed by atoms with van der Waals surface area (Å²) in [6.07, 6.45) is 4.95. The van der Waals surface area contributed by atoms with Crippen LogP contribution in [0.4, 0.5) is 11.4 Å². The Hall–Kier alpha value is -4.86. The van der Waals surface area contributed by atoms with E-state index in [2.05, 4.69) is 25.8 Å². The van der Waals surface area contributed by atoms with Gasteiger partial charge >= 0.3 is 0 Å². The van der Waals surface area contributed by atoms with Crippen molar-refractivity contribution in [1.29, 1.82) is 5.26 Å². The van der Waals surface area contributed by atoms with Crippen molar-refractivity contribution in [3.05, 3.63) is 95.9 Å². The summed E-state index contributed by atoms with van der Waals surface area (Å²) < 4.78 is 47.3. The molecule has 2 aromatic heterocycles. The Kier molecular flexibility index (Phi) is 8.22. The third-order valence-electron chi connectivity index (χ3n) is 8.49. The first kappa shape index (κ1) is 30.2. The number of piperazine rings is 1. The molecule has 0 amide bonds. The van der Waals surface area contributed by atoms with E-state index >= 15 is 0 Å². The molecular formula is C33H34N6O5S. The molecule has 11 nitrogen and oxygen atoms in total. The normalized spacial score (nSPS) is 18.3. The molecule has 232 valence electrons. The lowest BCUT2D eigenvalue weighted by atomic mass is 9.81. The van der Waals surface area contributed by atoms with Crippen molar-refractivity contribution >= 4 is 21.4 Å². The van der Waals surface area contributed by atoms with Crippen LogP contribution in [0.1, 0.15) is 23.6 Å². The van der Waals surface area contributed by atoms with Crippen LogP contribution in [0.5, 0.6) is 17.2 Å². The number of methoxy groups -OCH3 is 2. The standard InChI is InChI=1S/C33H34N6O5S/c1-4-44-31-9-6-26(42-2)20-29(31)33(38-17-15-37(16-18-38)25-11-13-35-14-12-25)23-39(30-8-5-24(21-34)19-28(30)33)45(40,41)32-10-7-27(43-3)22-36-32/h5-14,19-20,22H,4,15-18,23H2,1-3H3. The summed E-state index contributed by atoms with van der Waals surface area (Å²) in [5.41, 5.74) is 2.42. The molecule has 1 unspecified atom stereocenters. The van der Waals surface area contributed by atoms with Crippen LogP contribution in [0.3, 0.4) is 0 Å². The van der Waals surface area contributed by atoms with E-state index in [1.807, 2.05) is 37.3 Å². The second-order valence-corrected chi connectivity index (χ2v) is 12.5. The molecule has 0 aliphatic carbocycles. The molecule has 0 radical (unpaired) electrons. The summed E-state index contributed by atoms with van der Waals surface area (Å²) in [4.78, 5) is 13.0. The van der Waals surface area contributed by atoms with E-state index in [4.69, 9.17) is 14.2 Å². The van der Waals surface area contributed by atoms with Crippen molar-refractivity contribution in [2.45, 2.75) is 17.5 Å². The quantitative estimate of drug-likeness (QED) is 0.269. The van der Waals surface area contributed by atoms with Gasteiger partial charge in [-0.15, -0.1) is 0 Å². The zero-order chi connectivity index (χ0) is 31.6. The van der Waals surface area contributed by atoms with E-state index in [0.29, 0.717) is 66.8 Å². The van der Waals surface area contributed by atoms with Crippen molar-refractivity contribution < 1.29 is 22.6 Å². The Bertz CT molecular complexity index is 1820. The highest BCUT2D eigenvalue weighted by molar-refractivity contribution is 7.92. The summed E-state index contributed by atoms with van der Waals surface area (Å²) in [6, 6.07) is 20.0. The Morgan fingerprint density at radius 3 is 2.29 bits per heavy atom. The zero-order valence-electron chi connectivity index (χ0n) is 25.4. The summed E-state index contributed by atoms with van der Waals surface area (Å²) in [5, 5.41) is 9.88. The minimum atomic E-state index is -4.14. The topological polar surface area (TPSA) is 121 Å². The fraction of sp³-hybridized carbons (Fsp3) is 0.303. The molecule has 2 aromatic carbocycles. The highest BCUT2D eigenvalue weighted by Gasteiger charge is 2.54. The molecule has 4 heterocycles. The Labute approximate surface area is 263 Å². The minimum Gasteiger partial charge on any atom is -0.497 e. The molecular weight excluding hydrogens is 592 g/mol. The molecule has 12 heteroatoms. The van der Waals surface area contributed by atoms with Gasteiger partial charge in [0, 0.05) is 55.4 Å². The number of hydrogen-bond donors (Lipinski definition) is 0. The number of anilines is 2. The van der Waals surface area contributed by atoms with Gasteiger partial charge < -0.3 is 19.1 Å². The highest BCUT2D eigenvalue weighted by Crippen LogP contribution is 2.52. The lowest BCUT2D eigenvalue weighted by Gasteiger charge is -2.47. The number of fused-ring (bicyclic) bond motifs is 1. The first-order valence-corrected chi connectivity index (χ1v) is 16.1. The molecule has 2 aliphatic rings. The van der Waals surface area contributed by atoms with Crippen molar-refractivity contribution in [2.24, 2.45) is 0 Å². The minimum absolute atomic E-state index is 0.0375. The van der Waals surface area contributed by atoms with E-state index in [9.17, 15) is 13.7 Å². The van der Waals surface area contributed by atoms with Crippen molar-refractivity contribution in [3.63, 3.8) is 0 Å². The maximum Gasteiger partial charge on any atom is 0.281 e. The van der Waals surface area contributed by atoms with E-state index in [-0.39, 0.29) is 11.6 Å². The number of nitriles is 1. The van der Waals surface area contributed by atoms with Gasteiger partial charge in [0.2, 0.25) is 0 Å². The number of rotatable bonds is 9. The number of sulfonamides is 1. The molecule has 1 atom stereocenters. The molecule has 45 heavy (non-hydrogen) atoms. The molecule has 0 saturated carbocycles.